The molecule has 0 aliphatic carbocycles. The van der Waals surface area contributed by atoms with Gasteiger partial charge in [0.25, 0.3) is 0 Å². The van der Waals surface area contributed by atoms with Gasteiger partial charge in [-0.15, -0.1) is 0 Å². The van der Waals surface area contributed by atoms with Crippen LogP contribution in [0.25, 0.3) is 0 Å². The van der Waals surface area contributed by atoms with E-state index in [4.69, 9.17) is 4.74 Å². The molecule has 0 bridgehead atoms. The summed E-state index contributed by atoms with van der Waals surface area (Å²) in [7, 11) is 0. The number of phenolic OH excluding ortho intramolecular Hbond substituents is 1. The highest BCUT2D eigenvalue weighted by molar-refractivity contribution is 9.10. The molecular weight excluding hydrogens is 294 g/mol. The molecule has 0 aliphatic heterocycles. The first-order valence-electron chi connectivity index (χ1n) is 6.50. The van der Waals surface area contributed by atoms with Gasteiger partial charge in [0, 0.05) is 25.3 Å². The van der Waals surface area contributed by atoms with Crippen molar-refractivity contribution in [3.8, 4) is 5.75 Å². The number of hydrogen-bond acceptors (Lipinski definition) is 3. The van der Waals surface area contributed by atoms with Gasteiger partial charge in [-0.25, -0.2) is 0 Å². The lowest BCUT2D eigenvalue weighted by atomic mass is 10.2. The van der Waals surface area contributed by atoms with Gasteiger partial charge >= 0.3 is 0 Å². The van der Waals surface area contributed by atoms with Gasteiger partial charge in [0.05, 0.1) is 4.47 Å². The lowest BCUT2D eigenvalue weighted by molar-refractivity contribution is 0.128. The van der Waals surface area contributed by atoms with Crippen LogP contribution in [0.3, 0.4) is 0 Å². The van der Waals surface area contributed by atoms with Gasteiger partial charge < -0.3 is 15.2 Å². The van der Waals surface area contributed by atoms with E-state index in [1.54, 1.807) is 0 Å². The number of benzene rings is 1. The van der Waals surface area contributed by atoms with Gasteiger partial charge in [-0.3, -0.25) is 0 Å². The molecule has 0 saturated heterocycles. The molecule has 1 rings (SSSR count). The number of unbranched alkanes of at least 4 members (excludes halogenated alkanes) is 1. The Hall–Kier alpha value is -0.580. The Kier molecular flexibility index (Phi) is 8.05. The highest BCUT2D eigenvalue weighted by atomic mass is 79.9. The fourth-order valence-corrected chi connectivity index (χ4v) is 1.98. The average molecular weight is 316 g/mol. The maximum atomic E-state index is 9.79. The monoisotopic (exact) mass is 315 g/mol. The van der Waals surface area contributed by atoms with E-state index in [2.05, 4.69) is 28.2 Å². The SMILES string of the molecule is CCCCOCCCNCc1cccc(Br)c1O. The normalized spacial score (nSPS) is 10.8. The molecule has 18 heavy (non-hydrogen) atoms. The van der Waals surface area contributed by atoms with Crippen molar-refractivity contribution in [2.24, 2.45) is 0 Å². The van der Waals surface area contributed by atoms with Crippen LogP contribution in [-0.2, 0) is 11.3 Å². The second-order valence-corrected chi connectivity index (χ2v) is 5.10. The van der Waals surface area contributed by atoms with E-state index < -0.39 is 0 Å². The maximum absolute atomic E-state index is 9.79. The molecule has 0 aliphatic rings. The van der Waals surface area contributed by atoms with E-state index in [0.717, 1.165) is 42.6 Å². The van der Waals surface area contributed by atoms with Gasteiger partial charge in [0.15, 0.2) is 0 Å². The van der Waals surface area contributed by atoms with Gasteiger partial charge in [-0.05, 0) is 41.4 Å². The first-order chi connectivity index (χ1) is 8.75. The molecule has 0 amide bonds. The predicted molar refractivity (Wildman–Crippen MR) is 77.9 cm³/mol. The van der Waals surface area contributed by atoms with Crippen LogP contribution in [0.1, 0.15) is 31.7 Å². The molecule has 0 fully saturated rings. The molecule has 2 N–H and O–H groups in total. The van der Waals surface area contributed by atoms with Crippen molar-refractivity contribution in [2.45, 2.75) is 32.7 Å². The highest BCUT2D eigenvalue weighted by Gasteiger charge is 2.03. The number of aromatic hydroxyl groups is 1. The first-order valence-corrected chi connectivity index (χ1v) is 7.29. The zero-order chi connectivity index (χ0) is 13.2. The van der Waals surface area contributed by atoms with Crippen molar-refractivity contribution in [1.29, 1.82) is 0 Å². The average Bonchev–Trinajstić information content (AvgIpc) is 2.37. The van der Waals surface area contributed by atoms with Crippen molar-refractivity contribution in [3.05, 3.63) is 28.2 Å². The summed E-state index contributed by atoms with van der Waals surface area (Å²) in [4.78, 5) is 0. The summed E-state index contributed by atoms with van der Waals surface area (Å²) >= 11 is 3.31. The van der Waals surface area contributed by atoms with Gasteiger partial charge in [-0.2, -0.15) is 0 Å². The van der Waals surface area contributed by atoms with E-state index in [1.165, 1.54) is 6.42 Å². The summed E-state index contributed by atoms with van der Waals surface area (Å²) in [5.74, 6) is 0.323. The molecular formula is C14H22BrNO2. The summed E-state index contributed by atoms with van der Waals surface area (Å²) < 4.78 is 6.21. The minimum absolute atomic E-state index is 0.323. The number of phenols is 1. The minimum atomic E-state index is 0.323. The molecule has 0 saturated carbocycles. The Morgan fingerprint density at radius 2 is 2.06 bits per heavy atom. The molecule has 4 heteroatoms. The lowest BCUT2D eigenvalue weighted by Crippen LogP contribution is -2.16. The quantitative estimate of drug-likeness (QED) is 0.686. The second-order valence-electron chi connectivity index (χ2n) is 4.24. The minimum Gasteiger partial charge on any atom is -0.506 e. The van der Waals surface area contributed by atoms with Crippen molar-refractivity contribution in [3.63, 3.8) is 0 Å². The molecule has 0 aromatic heterocycles. The zero-order valence-electron chi connectivity index (χ0n) is 10.9. The Bertz CT molecular complexity index is 345. The van der Waals surface area contributed by atoms with Crippen LogP contribution in [0.5, 0.6) is 5.75 Å². The number of ether oxygens (including phenoxy) is 1. The Balaban J connectivity index is 2.09. The number of rotatable bonds is 9. The van der Waals surface area contributed by atoms with Crippen LogP contribution in [0.15, 0.2) is 22.7 Å². The Labute approximate surface area is 118 Å². The maximum Gasteiger partial charge on any atom is 0.134 e. The molecule has 0 unspecified atom stereocenters. The zero-order valence-corrected chi connectivity index (χ0v) is 12.5. The highest BCUT2D eigenvalue weighted by Crippen LogP contribution is 2.27. The van der Waals surface area contributed by atoms with Gasteiger partial charge in [0.2, 0.25) is 0 Å². The van der Waals surface area contributed by atoms with E-state index in [0.29, 0.717) is 12.3 Å². The third-order valence-electron chi connectivity index (χ3n) is 2.67. The van der Waals surface area contributed by atoms with Crippen LogP contribution in [0, 0.1) is 0 Å². The van der Waals surface area contributed by atoms with E-state index in [9.17, 15) is 5.11 Å². The first kappa shape index (κ1) is 15.5. The van der Waals surface area contributed by atoms with Crippen molar-refractivity contribution >= 4 is 15.9 Å². The molecule has 1 aromatic carbocycles. The molecule has 102 valence electrons. The van der Waals surface area contributed by atoms with Crippen LogP contribution in [0.2, 0.25) is 0 Å². The topological polar surface area (TPSA) is 41.5 Å². The molecule has 0 spiro atoms. The fraction of sp³-hybridized carbons (Fsp3) is 0.571. The van der Waals surface area contributed by atoms with E-state index in [-0.39, 0.29) is 0 Å². The fourth-order valence-electron chi connectivity index (χ4n) is 1.57. The Morgan fingerprint density at radius 3 is 2.83 bits per heavy atom. The van der Waals surface area contributed by atoms with Crippen molar-refractivity contribution in [2.75, 3.05) is 19.8 Å². The van der Waals surface area contributed by atoms with E-state index in [1.807, 2.05) is 18.2 Å². The number of hydrogen-bond donors (Lipinski definition) is 2. The molecule has 0 heterocycles. The van der Waals surface area contributed by atoms with Crippen LogP contribution >= 0.6 is 15.9 Å². The van der Waals surface area contributed by atoms with Gasteiger partial charge in [0.1, 0.15) is 5.75 Å². The van der Waals surface area contributed by atoms with Crippen LogP contribution < -0.4 is 5.32 Å². The molecule has 0 radical (unpaired) electrons. The van der Waals surface area contributed by atoms with Crippen molar-refractivity contribution < 1.29 is 9.84 Å². The third kappa shape index (κ3) is 5.85. The van der Waals surface area contributed by atoms with Crippen molar-refractivity contribution in [1.82, 2.24) is 5.32 Å². The third-order valence-corrected chi connectivity index (χ3v) is 3.31. The summed E-state index contributed by atoms with van der Waals surface area (Å²) in [5, 5.41) is 13.1. The molecule has 0 atom stereocenters. The molecule has 1 aromatic rings. The summed E-state index contributed by atoms with van der Waals surface area (Å²) in [6, 6.07) is 5.68. The predicted octanol–water partition coefficient (Wildman–Crippen LogP) is 3.45. The number of para-hydroxylation sites is 1. The largest absolute Gasteiger partial charge is 0.506 e. The number of nitrogens with one attached hydrogen (secondary N) is 1. The smallest absolute Gasteiger partial charge is 0.134 e. The standard InChI is InChI=1S/C14H22BrNO2/c1-2-3-9-18-10-5-8-16-11-12-6-4-7-13(15)14(12)17/h4,6-7,16-17H,2-3,5,8-11H2,1H3. The summed E-state index contributed by atoms with van der Waals surface area (Å²) in [6.45, 7) is 5.41. The summed E-state index contributed by atoms with van der Waals surface area (Å²) in [6.07, 6.45) is 3.32. The van der Waals surface area contributed by atoms with Gasteiger partial charge in [-0.1, -0.05) is 25.5 Å². The Morgan fingerprint density at radius 1 is 1.28 bits per heavy atom. The molecule has 3 nitrogen and oxygen atoms in total. The van der Waals surface area contributed by atoms with E-state index >= 15 is 0 Å². The summed E-state index contributed by atoms with van der Waals surface area (Å²) in [5.41, 5.74) is 0.913. The van der Waals surface area contributed by atoms with Crippen LogP contribution in [0.4, 0.5) is 0 Å². The lowest BCUT2D eigenvalue weighted by Gasteiger charge is -2.08. The van der Waals surface area contributed by atoms with Crippen LogP contribution in [-0.4, -0.2) is 24.9 Å². The number of halogens is 1. The second kappa shape index (κ2) is 9.36.